The molecule has 6 nitrogen and oxygen atoms in total. The third kappa shape index (κ3) is 3.96. The summed E-state index contributed by atoms with van der Waals surface area (Å²) in [5.41, 5.74) is -0.493. The summed E-state index contributed by atoms with van der Waals surface area (Å²) in [6, 6.07) is 1.99. The predicted molar refractivity (Wildman–Crippen MR) is 98.9 cm³/mol. The van der Waals surface area contributed by atoms with Crippen molar-refractivity contribution in [3.63, 3.8) is 0 Å². The van der Waals surface area contributed by atoms with E-state index in [4.69, 9.17) is 11.6 Å². The van der Waals surface area contributed by atoms with Gasteiger partial charge in [-0.1, -0.05) is 17.7 Å². The maximum absolute atomic E-state index is 12.7. The van der Waals surface area contributed by atoms with E-state index in [-0.39, 0.29) is 23.0 Å². The van der Waals surface area contributed by atoms with Crippen LogP contribution in [0.15, 0.2) is 28.0 Å². The Morgan fingerprint density at radius 3 is 2.78 bits per heavy atom. The summed E-state index contributed by atoms with van der Waals surface area (Å²) in [7, 11) is 0. The lowest BCUT2D eigenvalue weighted by molar-refractivity contribution is -0.141. The molecule has 3 aromatic heterocycles. The van der Waals surface area contributed by atoms with Gasteiger partial charge in [-0.15, -0.1) is 11.3 Å². The summed E-state index contributed by atoms with van der Waals surface area (Å²) in [4.78, 5) is 21.9. The van der Waals surface area contributed by atoms with Crippen molar-refractivity contribution in [1.82, 2.24) is 19.2 Å². The molecule has 0 aromatic carbocycles. The van der Waals surface area contributed by atoms with E-state index < -0.39 is 11.9 Å². The molecular formula is C16H13ClF3N5OS. The third-order valence-electron chi connectivity index (χ3n) is 3.63. The van der Waals surface area contributed by atoms with Crippen molar-refractivity contribution in [2.75, 3.05) is 6.54 Å². The first-order valence-electron chi connectivity index (χ1n) is 7.62. The van der Waals surface area contributed by atoms with E-state index in [9.17, 15) is 18.0 Å². The SMILES string of the molecule is C=NC/C=C\c1c(C)sc2nc(Cn3nc(C(F)(F)F)cc3Cl)cc(=O)n12. The normalized spacial score (nSPS) is 12.3. The molecular weight excluding hydrogens is 403 g/mol. The van der Waals surface area contributed by atoms with Crippen LogP contribution in [0.25, 0.3) is 11.0 Å². The van der Waals surface area contributed by atoms with Gasteiger partial charge < -0.3 is 0 Å². The second-order valence-corrected chi connectivity index (χ2v) is 7.13. The first-order chi connectivity index (χ1) is 12.7. The van der Waals surface area contributed by atoms with Crippen molar-refractivity contribution < 1.29 is 13.2 Å². The van der Waals surface area contributed by atoms with Gasteiger partial charge in [0.25, 0.3) is 5.56 Å². The molecule has 0 fully saturated rings. The Morgan fingerprint density at radius 1 is 1.41 bits per heavy atom. The summed E-state index contributed by atoms with van der Waals surface area (Å²) in [6.45, 7) is 5.50. The predicted octanol–water partition coefficient (Wildman–Crippen LogP) is 3.70. The molecule has 0 radical (unpaired) electrons. The zero-order valence-electron chi connectivity index (χ0n) is 14.0. The maximum atomic E-state index is 12.7. The van der Waals surface area contributed by atoms with E-state index in [2.05, 4.69) is 21.8 Å². The topological polar surface area (TPSA) is 64.5 Å². The highest BCUT2D eigenvalue weighted by molar-refractivity contribution is 7.17. The quantitative estimate of drug-likeness (QED) is 0.597. The Hall–Kier alpha value is -2.46. The van der Waals surface area contributed by atoms with Crippen LogP contribution >= 0.6 is 22.9 Å². The van der Waals surface area contributed by atoms with Crippen LogP contribution in [-0.4, -0.2) is 32.4 Å². The molecule has 0 aliphatic rings. The van der Waals surface area contributed by atoms with E-state index >= 15 is 0 Å². The van der Waals surface area contributed by atoms with Crippen LogP contribution in [0.5, 0.6) is 0 Å². The van der Waals surface area contributed by atoms with Gasteiger partial charge >= 0.3 is 6.18 Å². The van der Waals surface area contributed by atoms with Crippen LogP contribution in [-0.2, 0) is 12.7 Å². The number of aliphatic imine (C=N–C) groups is 1. The number of alkyl halides is 3. The molecule has 0 unspecified atom stereocenters. The second-order valence-electron chi connectivity index (χ2n) is 5.56. The van der Waals surface area contributed by atoms with E-state index in [0.29, 0.717) is 17.2 Å². The molecule has 0 aliphatic carbocycles. The van der Waals surface area contributed by atoms with Gasteiger partial charge in [-0.2, -0.15) is 18.3 Å². The number of hydrogen-bond donors (Lipinski definition) is 0. The van der Waals surface area contributed by atoms with Gasteiger partial charge in [0.1, 0.15) is 5.15 Å². The van der Waals surface area contributed by atoms with Gasteiger partial charge in [0.05, 0.1) is 24.5 Å². The number of nitrogens with zero attached hydrogens (tertiary/aromatic N) is 5. The largest absolute Gasteiger partial charge is 0.435 e. The van der Waals surface area contributed by atoms with Crippen molar-refractivity contribution in [2.24, 2.45) is 4.99 Å². The first kappa shape index (κ1) is 19.3. The molecule has 3 heterocycles. The lowest BCUT2D eigenvalue weighted by atomic mass is 10.3. The van der Waals surface area contributed by atoms with Gasteiger partial charge in [0, 0.05) is 17.0 Å². The maximum Gasteiger partial charge on any atom is 0.435 e. The zero-order chi connectivity index (χ0) is 19.8. The highest BCUT2D eigenvalue weighted by Crippen LogP contribution is 2.30. The minimum absolute atomic E-state index is 0.150. The van der Waals surface area contributed by atoms with Crippen LogP contribution in [0.1, 0.15) is 22.0 Å². The molecule has 0 saturated heterocycles. The number of halogens is 4. The summed E-state index contributed by atoms with van der Waals surface area (Å²) in [6.07, 6.45) is -1.07. The van der Waals surface area contributed by atoms with Crippen LogP contribution < -0.4 is 5.56 Å². The lowest BCUT2D eigenvalue weighted by Crippen LogP contribution is -2.17. The molecule has 11 heteroatoms. The Morgan fingerprint density at radius 2 is 2.15 bits per heavy atom. The first-order valence-corrected chi connectivity index (χ1v) is 8.82. The smallest absolute Gasteiger partial charge is 0.297 e. The molecule has 0 N–H and O–H groups in total. The number of aromatic nitrogens is 4. The van der Waals surface area contributed by atoms with Gasteiger partial charge in [0.15, 0.2) is 10.7 Å². The fraction of sp³-hybridized carbons (Fsp3) is 0.250. The number of aryl methyl sites for hydroxylation is 1. The molecule has 27 heavy (non-hydrogen) atoms. The number of hydrogen-bond acceptors (Lipinski definition) is 5. The second kappa shape index (κ2) is 7.28. The molecule has 3 aromatic rings. The molecule has 0 atom stereocenters. The Bertz CT molecular complexity index is 1100. The fourth-order valence-electron chi connectivity index (χ4n) is 2.45. The molecule has 0 aliphatic heterocycles. The van der Waals surface area contributed by atoms with E-state index in [1.807, 2.05) is 6.92 Å². The Kier molecular flexibility index (Phi) is 5.20. The van der Waals surface area contributed by atoms with Crippen molar-refractivity contribution in [1.29, 1.82) is 0 Å². The van der Waals surface area contributed by atoms with E-state index in [1.54, 1.807) is 12.2 Å². The average Bonchev–Trinajstić information content (AvgIpc) is 3.08. The van der Waals surface area contributed by atoms with Crippen molar-refractivity contribution >= 4 is 40.7 Å². The summed E-state index contributed by atoms with van der Waals surface area (Å²) in [5.74, 6) is 0. The Labute approximate surface area is 160 Å². The van der Waals surface area contributed by atoms with Crippen molar-refractivity contribution in [3.05, 3.63) is 55.7 Å². The van der Waals surface area contributed by atoms with Crippen molar-refractivity contribution in [2.45, 2.75) is 19.6 Å². The van der Waals surface area contributed by atoms with Gasteiger partial charge in [-0.05, 0) is 19.7 Å². The van der Waals surface area contributed by atoms with Crippen molar-refractivity contribution in [3.8, 4) is 0 Å². The van der Waals surface area contributed by atoms with Crippen LogP contribution in [0.4, 0.5) is 13.2 Å². The number of rotatable bonds is 5. The van der Waals surface area contributed by atoms with E-state index in [0.717, 1.165) is 15.6 Å². The van der Waals surface area contributed by atoms with Crippen LogP contribution in [0, 0.1) is 6.92 Å². The molecule has 0 spiro atoms. The summed E-state index contributed by atoms with van der Waals surface area (Å²) in [5, 5.41) is 3.26. The minimum Gasteiger partial charge on any atom is -0.297 e. The molecule has 0 amide bonds. The molecule has 3 rings (SSSR count). The van der Waals surface area contributed by atoms with E-state index in [1.165, 1.54) is 21.8 Å². The van der Waals surface area contributed by atoms with Crippen LogP contribution in [0.2, 0.25) is 5.15 Å². The average molecular weight is 416 g/mol. The highest BCUT2D eigenvalue weighted by atomic mass is 35.5. The lowest BCUT2D eigenvalue weighted by Gasteiger charge is -2.04. The zero-order valence-corrected chi connectivity index (χ0v) is 15.6. The third-order valence-corrected chi connectivity index (χ3v) is 4.91. The fourth-order valence-corrected chi connectivity index (χ4v) is 3.63. The van der Waals surface area contributed by atoms with Gasteiger partial charge in [-0.25, -0.2) is 9.67 Å². The summed E-state index contributed by atoms with van der Waals surface area (Å²) >= 11 is 7.13. The van der Waals surface area contributed by atoms with Crippen LogP contribution in [0.3, 0.4) is 0 Å². The Balaban J connectivity index is 2.00. The highest BCUT2D eigenvalue weighted by Gasteiger charge is 2.34. The molecule has 142 valence electrons. The minimum atomic E-state index is -4.60. The molecule has 0 saturated carbocycles. The number of thiazole rings is 1. The summed E-state index contributed by atoms with van der Waals surface area (Å²) < 4.78 is 40.6. The van der Waals surface area contributed by atoms with Gasteiger partial charge in [0.2, 0.25) is 0 Å². The van der Waals surface area contributed by atoms with Gasteiger partial charge in [-0.3, -0.25) is 14.2 Å². The monoisotopic (exact) mass is 415 g/mol. The number of fused-ring (bicyclic) bond motifs is 1. The standard InChI is InChI=1S/C16H13ClF3N5OS/c1-9-11(4-3-5-21-2)25-14(26)6-10(22-15(25)27-9)8-24-13(17)7-12(23-24)16(18,19)20/h3-4,6-7H,2,5,8H2,1H3/b4-3-. The molecule has 0 bridgehead atoms.